The highest BCUT2D eigenvalue weighted by Crippen LogP contribution is 2.29. The van der Waals surface area contributed by atoms with Gasteiger partial charge in [0, 0.05) is 24.1 Å². The second kappa shape index (κ2) is 5.38. The number of rotatable bonds is 3. The predicted molar refractivity (Wildman–Crippen MR) is 69.7 cm³/mol. The summed E-state index contributed by atoms with van der Waals surface area (Å²) in [6, 6.07) is 0.112. The van der Waals surface area contributed by atoms with Crippen LogP contribution >= 0.6 is 11.6 Å². The number of anilines is 1. The number of nitrogens with one attached hydrogen (secondary N) is 1. The van der Waals surface area contributed by atoms with E-state index in [1.165, 1.54) is 0 Å². The molecule has 0 aliphatic heterocycles. The van der Waals surface area contributed by atoms with Crippen molar-refractivity contribution in [2.75, 3.05) is 11.9 Å². The zero-order valence-corrected chi connectivity index (χ0v) is 11.3. The molecule has 0 amide bonds. The summed E-state index contributed by atoms with van der Waals surface area (Å²) in [7, 11) is 0. The van der Waals surface area contributed by atoms with E-state index in [0.717, 1.165) is 12.0 Å². The van der Waals surface area contributed by atoms with Crippen LogP contribution in [0.2, 0.25) is 5.15 Å². The summed E-state index contributed by atoms with van der Waals surface area (Å²) in [5.74, 6) is 1.27. The van der Waals surface area contributed by atoms with E-state index in [1.54, 1.807) is 6.92 Å². The zero-order chi connectivity index (χ0) is 13.3. The molecule has 1 saturated carbocycles. The van der Waals surface area contributed by atoms with Gasteiger partial charge in [-0.2, -0.15) is 0 Å². The summed E-state index contributed by atoms with van der Waals surface area (Å²) in [6.45, 7) is 3.66. The standard InChI is InChI=1S/C12H18ClN3O2/c1-6-11(13)14-7(2)15-12(6)16-9-3-8(5-17)10(18)4-9/h8-10,17-18H,3-5H2,1-2H3,(H,14,15,16)/t8-,9-,10+/m1/s1. The van der Waals surface area contributed by atoms with Gasteiger partial charge < -0.3 is 15.5 Å². The van der Waals surface area contributed by atoms with Crippen molar-refractivity contribution in [2.45, 2.75) is 38.8 Å². The Morgan fingerprint density at radius 1 is 1.33 bits per heavy atom. The van der Waals surface area contributed by atoms with Crippen molar-refractivity contribution < 1.29 is 10.2 Å². The van der Waals surface area contributed by atoms with Gasteiger partial charge in [-0.3, -0.25) is 0 Å². The molecular formula is C12H18ClN3O2. The lowest BCUT2D eigenvalue weighted by Crippen LogP contribution is -2.18. The number of halogens is 1. The Morgan fingerprint density at radius 2 is 2.06 bits per heavy atom. The van der Waals surface area contributed by atoms with E-state index >= 15 is 0 Å². The molecule has 0 aromatic carbocycles. The van der Waals surface area contributed by atoms with Gasteiger partial charge in [0.05, 0.1) is 6.10 Å². The van der Waals surface area contributed by atoms with Gasteiger partial charge in [-0.25, -0.2) is 9.97 Å². The lowest BCUT2D eigenvalue weighted by Gasteiger charge is -2.15. The molecule has 0 radical (unpaired) electrons. The third kappa shape index (κ3) is 2.74. The van der Waals surface area contributed by atoms with Crippen LogP contribution in [0.4, 0.5) is 5.82 Å². The first-order valence-electron chi connectivity index (χ1n) is 6.07. The van der Waals surface area contributed by atoms with Crippen LogP contribution in [-0.4, -0.2) is 38.9 Å². The van der Waals surface area contributed by atoms with E-state index in [4.69, 9.17) is 16.7 Å². The zero-order valence-electron chi connectivity index (χ0n) is 10.5. The number of hydrogen-bond donors (Lipinski definition) is 3. The van der Waals surface area contributed by atoms with Gasteiger partial charge in [0.25, 0.3) is 0 Å². The van der Waals surface area contributed by atoms with Crippen molar-refractivity contribution in [3.8, 4) is 0 Å². The first-order valence-corrected chi connectivity index (χ1v) is 6.45. The third-order valence-corrected chi connectivity index (χ3v) is 3.80. The molecule has 1 aromatic rings. The normalized spacial score (nSPS) is 27.5. The highest BCUT2D eigenvalue weighted by Gasteiger charge is 2.32. The van der Waals surface area contributed by atoms with Gasteiger partial charge in [0.15, 0.2) is 0 Å². The van der Waals surface area contributed by atoms with Gasteiger partial charge in [-0.15, -0.1) is 0 Å². The second-order valence-corrected chi connectivity index (χ2v) is 5.22. The number of aromatic nitrogens is 2. The maximum atomic E-state index is 9.76. The van der Waals surface area contributed by atoms with Crippen LogP contribution in [0.3, 0.4) is 0 Å². The summed E-state index contributed by atoms with van der Waals surface area (Å²) in [5.41, 5.74) is 0.809. The maximum absolute atomic E-state index is 9.76. The summed E-state index contributed by atoms with van der Waals surface area (Å²) in [4.78, 5) is 8.40. The van der Waals surface area contributed by atoms with E-state index in [9.17, 15) is 5.11 Å². The molecule has 1 fully saturated rings. The quantitative estimate of drug-likeness (QED) is 0.722. The molecule has 1 aliphatic rings. The molecule has 1 heterocycles. The lowest BCUT2D eigenvalue weighted by molar-refractivity contribution is 0.0908. The van der Waals surface area contributed by atoms with E-state index in [2.05, 4.69) is 15.3 Å². The molecule has 0 unspecified atom stereocenters. The molecule has 0 saturated heterocycles. The van der Waals surface area contributed by atoms with Crippen molar-refractivity contribution in [3.63, 3.8) is 0 Å². The molecule has 6 heteroatoms. The largest absolute Gasteiger partial charge is 0.396 e. The number of hydrogen-bond acceptors (Lipinski definition) is 5. The first-order chi connectivity index (χ1) is 8.51. The molecule has 1 aliphatic carbocycles. The fourth-order valence-electron chi connectivity index (χ4n) is 2.34. The van der Waals surface area contributed by atoms with Gasteiger partial charge in [0.2, 0.25) is 0 Å². The fraction of sp³-hybridized carbons (Fsp3) is 0.667. The number of nitrogens with zero attached hydrogens (tertiary/aromatic N) is 2. The summed E-state index contributed by atoms with van der Waals surface area (Å²) in [6.07, 6.45) is 0.898. The minimum atomic E-state index is -0.453. The highest BCUT2D eigenvalue weighted by atomic mass is 35.5. The Labute approximate surface area is 111 Å². The van der Waals surface area contributed by atoms with Crippen LogP contribution in [0.5, 0.6) is 0 Å². The summed E-state index contributed by atoms with van der Waals surface area (Å²) >= 11 is 6.01. The van der Waals surface area contributed by atoms with E-state index in [-0.39, 0.29) is 18.6 Å². The van der Waals surface area contributed by atoms with Gasteiger partial charge >= 0.3 is 0 Å². The number of aliphatic hydroxyl groups is 2. The minimum absolute atomic E-state index is 0.0158. The smallest absolute Gasteiger partial charge is 0.137 e. The molecule has 0 spiro atoms. The SMILES string of the molecule is Cc1nc(Cl)c(C)c(N[C@@H]2C[C@H](CO)[C@@H](O)C2)n1. The maximum Gasteiger partial charge on any atom is 0.137 e. The Hall–Kier alpha value is -0.910. The highest BCUT2D eigenvalue weighted by molar-refractivity contribution is 6.30. The van der Waals surface area contributed by atoms with Crippen LogP contribution in [0.25, 0.3) is 0 Å². The Morgan fingerprint density at radius 3 is 2.67 bits per heavy atom. The monoisotopic (exact) mass is 271 g/mol. The van der Waals surface area contributed by atoms with Crippen molar-refractivity contribution >= 4 is 17.4 Å². The van der Waals surface area contributed by atoms with Crippen molar-refractivity contribution in [1.82, 2.24) is 9.97 Å². The van der Waals surface area contributed by atoms with Crippen LogP contribution in [0.15, 0.2) is 0 Å². The average Bonchev–Trinajstić information content (AvgIpc) is 2.65. The van der Waals surface area contributed by atoms with Crippen LogP contribution < -0.4 is 5.32 Å². The Balaban J connectivity index is 2.11. The Bertz CT molecular complexity index is 442. The molecule has 2 rings (SSSR count). The molecule has 1 aromatic heterocycles. The van der Waals surface area contributed by atoms with Crippen molar-refractivity contribution in [3.05, 3.63) is 16.5 Å². The number of aryl methyl sites for hydroxylation is 1. The van der Waals surface area contributed by atoms with Gasteiger partial charge in [-0.05, 0) is 26.7 Å². The summed E-state index contributed by atoms with van der Waals surface area (Å²) in [5, 5.41) is 22.6. The molecule has 0 bridgehead atoms. The van der Waals surface area contributed by atoms with Crippen LogP contribution in [-0.2, 0) is 0 Å². The first kappa shape index (κ1) is 13.5. The molecule has 3 atom stereocenters. The van der Waals surface area contributed by atoms with E-state index in [0.29, 0.717) is 23.2 Å². The predicted octanol–water partition coefficient (Wildman–Crippen LogP) is 1.29. The van der Waals surface area contributed by atoms with Crippen LogP contribution in [0, 0.1) is 19.8 Å². The second-order valence-electron chi connectivity index (χ2n) is 4.86. The number of aliphatic hydroxyl groups excluding tert-OH is 2. The van der Waals surface area contributed by atoms with Gasteiger partial charge in [0.1, 0.15) is 16.8 Å². The molecule has 5 nitrogen and oxygen atoms in total. The third-order valence-electron chi connectivity index (χ3n) is 3.43. The van der Waals surface area contributed by atoms with E-state index < -0.39 is 6.10 Å². The lowest BCUT2D eigenvalue weighted by atomic mass is 10.1. The fourth-order valence-corrected chi connectivity index (χ4v) is 2.56. The molecule has 3 N–H and O–H groups in total. The molecular weight excluding hydrogens is 254 g/mol. The van der Waals surface area contributed by atoms with Crippen molar-refractivity contribution in [2.24, 2.45) is 5.92 Å². The topological polar surface area (TPSA) is 78.3 Å². The molecule has 100 valence electrons. The van der Waals surface area contributed by atoms with Crippen LogP contribution in [0.1, 0.15) is 24.2 Å². The minimum Gasteiger partial charge on any atom is -0.396 e. The molecule has 18 heavy (non-hydrogen) atoms. The van der Waals surface area contributed by atoms with E-state index in [1.807, 2.05) is 6.92 Å². The van der Waals surface area contributed by atoms with Gasteiger partial charge in [-0.1, -0.05) is 11.6 Å². The van der Waals surface area contributed by atoms with Crippen molar-refractivity contribution in [1.29, 1.82) is 0 Å². The summed E-state index contributed by atoms with van der Waals surface area (Å²) < 4.78 is 0. The average molecular weight is 272 g/mol. The Kier molecular flexibility index (Phi) is 4.04.